The summed E-state index contributed by atoms with van der Waals surface area (Å²) in [4.78, 5) is 9.13. The van der Waals surface area contributed by atoms with E-state index in [1.807, 2.05) is 36.4 Å². The Hall–Kier alpha value is -1.39. The van der Waals surface area contributed by atoms with E-state index in [2.05, 4.69) is 25.9 Å². The molecule has 0 amide bonds. The minimum absolute atomic E-state index is 0.213. The Balaban J connectivity index is 2.12. The van der Waals surface area contributed by atoms with E-state index in [0.717, 1.165) is 20.8 Å². The number of fused-ring (bicyclic) bond motifs is 1. The number of benzene rings is 2. The molecule has 2 aromatic carbocycles. The Bertz CT molecular complexity index is 725. The zero-order chi connectivity index (χ0) is 12.7. The maximum Gasteiger partial charge on any atom is 0.166 e. The van der Waals surface area contributed by atoms with E-state index in [9.17, 15) is 0 Å². The van der Waals surface area contributed by atoms with Gasteiger partial charge in [0.1, 0.15) is 5.36 Å². The first-order valence-corrected chi connectivity index (χ1v) is 6.57. The zero-order valence-corrected chi connectivity index (χ0v) is 11.6. The number of hydrogen-bond donors (Lipinski definition) is 1. The lowest BCUT2D eigenvalue weighted by molar-refractivity contribution is 0.771. The second-order valence-corrected chi connectivity index (χ2v) is 5.25. The van der Waals surface area contributed by atoms with Gasteiger partial charge >= 0.3 is 0 Å². The smallest absolute Gasteiger partial charge is 0.166 e. The third-order valence-electron chi connectivity index (χ3n) is 2.81. The molecule has 2 aromatic rings. The molecule has 1 heterocycles. The summed E-state index contributed by atoms with van der Waals surface area (Å²) in [5, 5.41) is 2.38. The molecule has 3 rings (SSSR count). The van der Waals surface area contributed by atoms with E-state index in [1.54, 1.807) is 0 Å². The first kappa shape index (κ1) is 11.7. The monoisotopic (exact) mass is 321 g/mol. The van der Waals surface area contributed by atoms with Gasteiger partial charge in [-0.3, -0.25) is 9.98 Å². The number of nitrogens with zero attached hydrogens (tertiary/aromatic N) is 2. The van der Waals surface area contributed by atoms with E-state index in [1.165, 1.54) is 0 Å². The number of hydrogen-bond acceptors (Lipinski definition) is 3. The Labute approximate surface area is 117 Å². The molecular formula is C13H9BrClN3. The quantitative estimate of drug-likeness (QED) is 0.806. The van der Waals surface area contributed by atoms with Gasteiger partial charge in [0, 0.05) is 10.7 Å². The molecule has 0 saturated carbocycles. The van der Waals surface area contributed by atoms with Crippen molar-refractivity contribution in [1.82, 2.24) is 0 Å². The van der Waals surface area contributed by atoms with Crippen molar-refractivity contribution in [2.45, 2.75) is 6.17 Å². The van der Waals surface area contributed by atoms with Gasteiger partial charge in [0.05, 0.1) is 9.83 Å². The molecule has 3 nitrogen and oxygen atoms in total. The second kappa shape index (κ2) is 4.37. The lowest BCUT2D eigenvalue weighted by atomic mass is 10.2. The highest BCUT2D eigenvalue weighted by Crippen LogP contribution is 2.23. The van der Waals surface area contributed by atoms with Crippen molar-refractivity contribution < 1.29 is 0 Å². The molecule has 0 bridgehead atoms. The zero-order valence-electron chi connectivity index (χ0n) is 9.27. The van der Waals surface area contributed by atoms with Crippen LogP contribution in [0, 0.1) is 0 Å². The molecule has 0 aromatic heterocycles. The molecule has 1 aliphatic rings. The number of nitrogens with two attached hydrogens (primary N) is 1. The molecule has 1 atom stereocenters. The largest absolute Gasteiger partial charge is 0.398 e. The van der Waals surface area contributed by atoms with Crippen molar-refractivity contribution in [2.75, 3.05) is 5.73 Å². The average molecular weight is 323 g/mol. The highest BCUT2D eigenvalue weighted by Gasteiger charge is 2.14. The van der Waals surface area contributed by atoms with Crippen molar-refractivity contribution in [3.63, 3.8) is 0 Å². The summed E-state index contributed by atoms with van der Waals surface area (Å²) in [7, 11) is 0. The molecule has 5 heteroatoms. The maximum absolute atomic E-state index is 5.87. The van der Waals surface area contributed by atoms with Gasteiger partial charge in [-0.15, -0.1) is 0 Å². The fraction of sp³-hybridized carbons (Fsp3) is 0.0769. The van der Waals surface area contributed by atoms with Gasteiger partial charge in [0.15, 0.2) is 6.17 Å². The third kappa shape index (κ3) is 1.91. The number of anilines is 1. The van der Waals surface area contributed by atoms with E-state index >= 15 is 0 Å². The maximum atomic E-state index is 5.87. The van der Waals surface area contributed by atoms with E-state index in [-0.39, 0.29) is 6.17 Å². The van der Waals surface area contributed by atoms with Gasteiger partial charge < -0.3 is 5.73 Å². The molecule has 0 fully saturated rings. The molecule has 90 valence electrons. The van der Waals surface area contributed by atoms with Crippen molar-refractivity contribution in [2.24, 2.45) is 9.98 Å². The summed E-state index contributed by atoms with van der Waals surface area (Å²) < 4.78 is 0.806. The van der Waals surface area contributed by atoms with E-state index in [4.69, 9.17) is 17.3 Å². The fourth-order valence-corrected chi connectivity index (χ4v) is 2.43. The van der Waals surface area contributed by atoms with Crippen LogP contribution in [0.1, 0.15) is 11.7 Å². The van der Waals surface area contributed by atoms with Gasteiger partial charge in [0.2, 0.25) is 0 Å². The highest BCUT2D eigenvalue weighted by atomic mass is 79.9. The number of rotatable bonds is 1. The van der Waals surface area contributed by atoms with Crippen molar-refractivity contribution in [3.05, 3.63) is 62.2 Å². The molecule has 0 unspecified atom stereocenters. The minimum atomic E-state index is -0.213. The van der Waals surface area contributed by atoms with E-state index in [0.29, 0.717) is 10.7 Å². The SMILES string of the molecule is Nc1ccc2c(c1Br)=N[C@H](c1ccc(Cl)cc1)N=2. The molecule has 1 aliphatic heterocycles. The predicted octanol–water partition coefficient (Wildman–Crippen LogP) is 2.64. The Kier molecular flexibility index (Phi) is 2.84. The summed E-state index contributed by atoms with van der Waals surface area (Å²) in [6.45, 7) is 0. The van der Waals surface area contributed by atoms with Gasteiger partial charge in [0.25, 0.3) is 0 Å². The summed E-state index contributed by atoms with van der Waals surface area (Å²) in [6.07, 6.45) is -0.213. The molecule has 0 aliphatic carbocycles. The van der Waals surface area contributed by atoms with Crippen molar-refractivity contribution in [1.29, 1.82) is 0 Å². The van der Waals surface area contributed by atoms with Crippen LogP contribution in [0.5, 0.6) is 0 Å². The Morgan fingerprint density at radius 1 is 1.06 bits per heavy atom. The number of nitrogen functional groups attached to an aromatic ring is 1. The fourth-order valence-electron chi connectivity index (χ4n) is 1.86. The van der Waals surface area contributed by atoms with Crippen LogP contribution in [0.2, 0.25) is 5.02 Å². The van der Waals surface area contributed by atoms with Gasteiger partial charge in [-0.05, 0) is 45.8 Å². The Morgan fingerprint density at radius 3 is 2.50 bits per heavy atom. The molecule has 0 spiro atoms. The summed E-state index contributed by atoms with van der Waals surface area (Å²) in [5.74, 6) is 0. The van der Waals surface area contributed by atoms with Crippen LogP contribution in [-0.2, 0) is 0 Å². The van der Waals surface area contributed by atoms with Crippen LogP contribution < -0.4 is 16.4 Å². The van der Waals surface area contributed by atoms with Crippen LogP contribution in [0.3, 0.4) is 0 Å². The highest BCUT2D eigenvalue weighted by molar-refractivity contribution is 9.10. The lowest BCUT2D eigenvalue weighted by Gasteiger charge is -2.03. The topological polar surface area (TPSA) is 50.7 Å². The summed E-state index contributed by atoms with van der Waals surface area (Å²) in [6, 6.07) is 11.3. The van der Waals surface area contributed by atoms with Crippen molar-refractivity contribution in [3.8, 4) is 0 Å². The first-order chi connectivity index (χ1) is 8.65. The summed E-state index contributed by atoms with van der Waals surface area (Å²) in [5.41, 5.74) is 7.52. The molecule has 0 radical (unpaired) electrons. The van der Waals surface area contributed by atoms with E-state index < -0.39 is 0 Å². The molecule has 0 saturated heterocycles. The van der Waals surface area contributed by atoms with Gasteiger partial charge in [-0.25, -0.2) is 0 Å². The van der Waals surface area contributed by atoms with Crippen LogP contribution in [0.4, 0.5) is 5.69 Å². The third-order valence-corrected chi connectivity index (χ3v) is 3.89. The second-order valence-electron chi connectivity index (χ2n) is 4.02. The standard InChI is InChI=1S/C13H9BrClN3/c14-11-9(16)5-6-10-12(11)18-13(17-10)7-1-3-8(15)4-2-7/h1-6,13H,16H2/t13-/m1/s1. The normalized spacial score (nSPS) is 16.9. The number of halogens is 2. The summed E-state index contributed by atoms with van der Waals surface area (Å²) >= 11 is 9.31. The van der Waals surface area contributed by atoms with Crippen LogP contribution in [-0.4, -0.2) is 0 Å². The first-order valence-electron chi connectivity index (χ1n) is 5.40. The van der Waals surface area contributed by atoms with Crippen LogP contribution in [0.25, 0.3) is 0 Å². The van der Waals surface area contributed by atoms with Crippen LogP contribution >= 0.6 is 27.5 Å². The van der Waals surface area contributed by atoms with Crippen molar-refractivity contribution >= 4 is 33.2 Å². The molecular weight excluding hydrogens is 314 g/mol. The van der Waals surface area contributed by atoms with Gasteiger partial charge in [-0.1, -0.05) is 23.7 Å². The average Bonchev–Trinajstić information content (AvgIpc) is 2.80. The molecule has 2 N–H and O–H groups in total. The van der Waals surface area contributed by atoms with Gasteiger partial charge in [-0.2, -0.15) is 0 Å². The predicted molar refractivity (Wildman–Crippen MR) is 75.1 cm³/mol. The van der Waals surface area contributed by atoms with Crippen LogP contribution in [0.15, 0.2) is 50.9 Å². The minimum Gasteiger partial charge on any atom is -0.398 e. The Morgan fingerprint density at radius 2 is 1.78 bits per heavy atom. The lowest BCUT2D eigenvalue weighted by Crippen LogP contribution is -2.23. The molecule has 18 heavy (non-hydrogen) atoms.